The molecule has 12 rings (SSSR count). The van der Waals surface area contributed by atoms with Gasteiger partial charge in [-0.25, -0.2) is 0 Å². The molecule has 0 N–H and O–H groups in total. The van der Waals surface area contributed by atoms with Crippen molar-refractivity contribution in [2.45, 2.75) is 19.3 Å². The van der Waals surface area contributed by atoms with Crippen molar-refractivity contribution < 1.29 is 4.42 Å². The Bertz CT molecular complexity index is 3530. The first-order valence-corrected chi connectivity index (χ1v) is 21.8. The van der Waals surface area contributed by atoms with Gasteiger partial charge in [-0.2, -0.15) is 0 Å². The van der Waals surface area contributed by atoms with Crippen molar-refractivity contribution in [2.75, 3.05) is 4.90 Å². The zero-order chi connectivity index (χ0) is 42.1. The smallest absolute Gasteiger partial charge is 0.143 e. The third-order valence-electron chi connectivity index (χ3n) is 13.3. The molecule has 298 valence electrons. The van der Waals surface area contributed by atoms with Crippen molar-refractivity contribution in [3.8, 4) is 55.6 Å². The van der Waals surface area contributed by atoms with Crippen molar-refractivity contribution >= 4 is 49.8 Å². The van der Waals surface area contributed by atoms with Crippen molar-refractivity contribution in [3.05, 3.63) is 236 Å². The van der Waals surface area contributed by atoms with Crippen molar-refractivity contribution in [1.82, 2.24) is 0 Å². The molecule has 1 aliphatic carbocycles. The van der Waals surface area contributed by atoms with Gasteiger partial charge in [-0.1, -0.05) is 184 Å². The molecular formula is C61H43NO. The molecule has 0 unspecified atom stereocenters. The van der Waals surface area contributed by atoms with E-state index in [1.165, 1.54) is 60.8 Å². The van der Waals surface area contributed by atoms with Crippen LogP contribution in [0.4, 0.5) is 17.1 Å². The monoisotopic (exact) mass is 805 g/mol. The van der Waals surface area contributed by atoms with Gasteiger partial charge in [-0.3, -0.25) is 0 Å². The molecule has 1 aromatic heterocycles. The lowest BCUT2D eigenvalue weighted by molar-refractivity contribution is 0.660. The molecular weight excluding hydrogens is 763 g/mol. The second kappa shape index (κ2) is 14.6. The number of rotatable bonds is 7. The molecule has 0 saturated heterocycles. The highest BCUT2D eigenvalue weighted by Gasteiger charge is 2.35. The topological polar surface area (TPSA) is 16.4 Å². The summed E-state index contributed by atoms with van der Waals surface area (Å²) in [6, 6.07) is 81.6. The highest BCUT2D eigenvalue weighted by Crippen LogP contribution is 2.50. The van der Waals surface area contributed by atoms with Gasteiger partial charge in [0, 0.05) is 38.8 Å². The Labute approximate surface area is 368 Å². The summed E-state index contributed by atoms with van der Waals surface area (Å²) in [5, 5.41) is 4.77. The van der Waals surface area contributed by atoms with Crippen LogP contribution in [0.1, 0.15) is 25.0 Å². The van der Waals surface area contributed by atoms with E-state index in [-0.39, 0.29) is 5.41 Å². The summed E-state index contributed by atoms with van der Waals surface area (Å²) >= 11 is 0. The standard InChI is InChI=1S/C61H43NO/c1-61(2)57-25-7-5-20-53(57)54-36-31-45(39-58(54)61)40-27-32-47(33-28-40)62(48-34-29-42(30-35-48)52-23-12-24-56-55-21-6-8-26-59(55)63-60(52)56)49-18-10-16-44(38-49)43-15-9-17-46(37-43)51-22-11-14-41-13-3-4-19-50(41)51/h3-39H,1-2H3. The number of hydrogen-bond donors (Lipinski definition) is 0. The zero-order valence-corrected chi connectivity index (χ0v) is 35.2. The maximum absolute atomic E-state index is 6.46. The van der Waals surface area contributed by atoms with Crippen LogP contribution < -0.4 is 4.90 Å². The predicted octanol–water partition coefficient (Wildman–Crippen LogP) is 17.2. The Kier molecular flexibility index (Phi) is 8.55. The lowest BCUT2D eigenvalue weighted by atomic mass is 9.81. The van der Waals surface area contributed by atoms with Crippen LogP contribution in [-0.2, 0) is 5.41 Å². The molecule has 0 atom stereocenters. The summed E-state index contributed by atoms with van der Waals surface area (Å²) in [5.74, 6) is 0. The van der Waals surface area contributed by atoms with E-state index in [2.05, 4.69) is 231 Å². The number of para-hydroxylation sites is 2. The molecule has 2 nitrogen and oxygen atoms in total. The van der Waals surface area contributed by atoms with Crippen molar-refractivity contribution in [2.24, 2.45) is 0 Å². The van der Waals surface area contributed by atoms with Crippen molar-refractivity contribution in [3.63, 3.8) is 0 Å². The van der Waals surface area contributed by atoms with Crippen molar-refractivity contribution in [1.29, 1.82) is 0 Å². The fraction of sp³-hybridized carbons (Fsp3) is 0.0492. The SMILES string of the molecule is CC1(C)c2ccccc2-c2ccc(-c3ccc(N(c4ccc(-c5cccc6c5oc5ccccc56)cc4)c4cccc(-c5cccc(-c6cccc7ccccc67)c5)c4)cc3)cc21. The molecule has 1 aliphatic rings. The maximum Gasteiger partial charge on any atom is 0.143 e. The first-order valence-electron chi connectivity index (χ1n) is 21.8. The lowest BCUT2D eigenvalue weighted by Crippen LogP contribution is -2.14. The Morgan fingerprint density at radius 3 is 1.73 bits per heavy atom. The van der Waals surface area contributed by atoms with Gasteiger partial charge in [0.2, 0.25) is 0 Å². The van der Waals surface area contributed by atoms with Crippen LogP contribution in [0.2, 0.25) is 0 Å². The maximum atomic E-state index is 6.46. The molecule has 1 heterocycles. The van der Waals surface area contributed by atoms with Crippen LogP contribution in [0.15, 0.2) is 229 Å². The summed E-state index contributed by atoms with van der Waals surface area (Å²) < 4.78 is 6.46. The van der Waals surface area contributed by atoms with Gasteiger partial charge in [-0.05, 0) is 127 Å². The number of furan rings is 1. The quantitative estimate of drug-likeness (QED) is 0.160. The first kappa shape index (κ1) is 36.9. The van der Waals surface area contributed by atoms with Gasteiger partial charge in [0.25, 0.3) is 0 Å². The third-order valence-corrected chi connectivity index (χ3v) is 13.3. The largest absolute Gasteiger partial charge is 0.455 e. The number of nitrogens with zero attached hydrogens (tertiary/aromatic N) is 1. The fourth-order valence-electron chi connectivity index (χ4n) is 10.1. The van der Waals surface area contributed by atoms with E-state index in [4.69, 9.17) is 4.42 Å². The highest BCUT2D eigenvalue weighted by molar-refractivity contribution is 6.09. The Morgan fingerprint density at radius 2 is 0.889 bits per heavy atom. The Morgan fingerprint density at radius 1 is 0.333 bits per heavy atom. The third kappa shape index (κ3) is 6.17. The van der Waals surface area contributed by atoms with Gasteiger partial charge < -0.3 is 9.32 Å². The average molecular weight is 806 g/mol. The van der Waals surface area contributed by atoms with Gasteiger partial charge in [0.15, 0.2) is 0 Å². The van der Waals surface area contributed by atoms with Gasteiger partial charge in [-0.15, -0.1) is 0 Å². The van der Waals surface area contributed by atoms with Crippen LogP contribution in [-0.4, -0.2) is 0 Å². The van der Waals surface area contributed by atoms with Crippen LogP contribution in [0.25, 0.3) is 88.3 Å². The summed E-state index contributed by atoms with van der Waals surface area (Å²) in [7, 11) is 0. The normalized spacial score (nSPS) is 12.7. The highest BCUT2D eigenvalue weighted by atomic mass is 16.3. The predicted molar refractivity (Wildman–Crippen MR) is 265 cm³/mol. The minimum Gasteiger partial charge on any atom is -0.455 e. The van der Waals surface area contributed by atoms with Gasteiger partial charge in [0.05, 0.1) is 0 Å². The number of anilines is 3. The number of fused-ring (bicyclic) bond motifs is 7. The van der Waals surface area contributed by atoms with E-state index in [1.807, 2.05) is 12.1 Å². The van der Waals surface area contributed by atoms with Gasteiger partial charge in [0.1, 0.15) is 11.2 Å². The van der Waals surface area contributed by atoms with Crippen LogP contribution in [0.3, 0.4) is 0 Å². The average Bonchev–Trinajstić information content (AvgIpc) is 3.84. The van der Waals surface area contributed by atoms with E-state index in [0.717, 1.165) is 55.7 Å². The Balaban J connectivity index is 0.943. The number of hydrogen-bond acceptors (Lipinski definition) is 2. The summed E-state index contributed by atoms with van der Waals surface area (Å²) in [4.78, 5) is 2.37. The molecule has 0 amide bonds. The molecule has 0 bridgehead atoms. The number of benzene rings is 10. The molecule has 0 fully saturated rings. The second-order valence-corrected chi connectivity index (χ2v) is 17.3. The molecule has 0 spiro atoms. The molecule has 11 aromatic rings. The lowest BCUT2D eigenvalue weighted by Gasteiger charge is -2.26. The van der Waals surface area contributed by atoms with E-state index in [9.17, 15) is 0 Å². The molecule has 0 saturated carbocycles. The second-order valence-electron chi connectivity index (χ2n) is 17.3. The molecule has 63 heavy (non-hydrogen) atoms. The Hall–Kier alpha value is -7.94. The van der Waals surface area contributed by atoms with E-state index >= 15 is 0 Å². The van der Waals surface area contributed by atoms with Crippen LogP contribution in [0, 0.1) is 0 Å². The van der Waals surface area contributed by atoms with Gasteiger partial charge >= 0.3 is 0 Å². The van der Waals surface area contributed by atoms with E-state index < -0.39 is 0 Å². The molecule has 2 heteroatoms. The summed E-state index contributed by atoms with van der Waals surface area (Å²) in [6.45, 7) is 4.69. The minimum absolute atomic E-state index is 0.0554. The van der Waals surface area contributed by atoms with E-state index in [1.54, 1.807) is 0 Å². The molecule has 0 radical (unpaired) electrons. The first-order chi connectivity index (χ1) is 31.0. The van der Waals surface area contributed by atoms with Crippen LogP contribution >= 0.6 is 0 Å². The van der Waals surface area contributed by atoms with E-state index in [0.29, 0.717) is 0 Å². The zero-order valence-electron chi connectivity index (χ0n) is 35.2. The van der Waals surface area contributed by atoms with Crippen LogP contribution in [0.5, 0.6) is 0 Å². The summed E-state index contributed by atoms with van der Waals surface area (Å²) in [5.41, 5.74) is 19.9. The molecule has 0 aliphatic heterocycles. The molecule has 10 aromatic carbocycles. The minimum atomic E-state index is -0.0554. The fourth-order valence-corrected chi connectivity index (χ4v) is 10.1. The summed E-state index contributed by atoms with van der Waals surface area (Å²) in [6.07, 6.45) is 0.